The topological polar surface area (TPSA) is 82.8 Å². The third-order valence-corrected chi connectivity index (χ3v) is 4.26. The van der Waals surface area contributed by atoms with Crippen LogP contribution in [0.4, 0.5) is 0 Å². The Morgan fingerprint density at radius 2 is 1.89 bits per heavy atom. The molecule has 0 radical (unpaired) electrons. The summed E-state index contributed by atoms with van der Waals surface area (Å²) in [7, 11) is 0.0847. The molecule has 0 amide bonds. The standard InChI is InChI=1S/C11H20N2O4S/c1-8-10(7-14)11(9(2)17-8)18(15,16)12-5-6-13(3)4/h12,14H,5-7H2,1-4H3. The van der Waals surface area contributed by atoms with Crippen molar-refractivity contribution in [2.24, 2.45) is 0 Å². The van der Waals surface area contributed by atoms with Gasteiger partial charge in [0.1, 0.15) is 16.4 Å². The molecular weight excluding hydrogens is 256 g/mol. The van der Waals surface area contributed by atoms with Gasteiger partial charge in [-0.3, -0.25) is 0 Å². The molecule has 6 nitrogen and oxygen atoms in total. The number of likely N-dealkylation sites (N-methyl/N-ethyl adjacent to an activating group) is 1. The van der Waals surface area contributed by atoms with Crippen molar-refractivity contribution in [1.82, 2.24) is 9.62 Å². The maximum atomic E-state index is 12.1. The molecule has 0 saturated carbocycles. The number of hydrogen-bond donors (Lipinski definition) is 2. The number of aliphatic hydroxyl groups is 1. The molecule has 0 atom stereocenters. The maximum absolute atomic E-state index is 12.1. The molecule has 1 aromatic rings. The smallest absolute Gasteiger partial charge is 0.244 e. The molecule has 0 saturated heterocycles. The molecular formula is C11H20N2O4S. The summed E-state index contributed by atoms with van der Waals surface area (Å²) in [5.41, 5.74) is 0.324. The highest BCUT2D eigenvalue weighted by Gasteiger charge is 2.25. The molecule has 1 aromatic heterocycles. The summed E-state index contributed by atoms with van der Waals surface area (Å²) >= 11 is 0. The van der Waals surface area contributed by atoms with Crippen LogP contribution >= 0.6 is 0 Å². The number of furan rings is 1. The van der Waals surface area contributed by atoms with Gasteiger partial charge in [-0.1, -0.05) is 0 Å². The Kier molecular flexibility index (Phi) is 4.92. The number of aryl methyl sites for hydroxylation is 2. The lowest BCUT2D eigenvalue weighted by atomic mass is 10.2. The molecule has 0 aliphatic carbocycles. The van der Waals surface area contributed by atoms with E-state index < -0.39 is 10.0 Å². The van der Waals surface area contributed by atoms with Gasteiger partial charge in [0, 0.05) is 18.7 Å². The van der Waals surface area contributed by atoms with Gasteiger partial charge in [-0.2, -0.15) is 0 Å². The minimum atomic E-state index is -3.64. The zero-order chi connectivity index (χ0) is 13.9. The predicted molar refractivity (Wildman–Crippen MR) is 67.8 cm³/mol. The fourth-order valence-electron chi connectivity index (χ4n) is 1.72. The second-order valence-corrected chi connectivity index (χ2v) is 6.09. The fraction of sp³-hybridized carbons (Fsp3) is 0.636. The van der Waals surface area contributed by atoms with Gasteiger partial charge in [-0.25, -0.2) is 13.1 Å². The highest BCUT2D eigenvalue weighted by molar-refractivity contribution is 7.89. The largest absolute Gasteiger partial charge is 0.465 e. The molecule has 1 heterocycles. The van der Waals surface area contributed by atoms with E-state index in [1.165, 1.54) is 0 Å². The molecule has 0 aliphatic rings. The SMILES string of the molecule is Cc1oc(C)c(S(=O)(=O)NCCN(C)C)c1CO. The summed E-state index contributed by atoms with van der Waals surface area (Å²) in [6, 6.07) is 0. The average molecular weight is 276 g/mol. The second-order valence-electron chi connectivity index (χ2n) is 4.38. The summed E-state index contributed by atoms with van der Waals surface area (Å²) in [6.07, 6.45) is 0. The Hall–Kier alpha value is -0.890. The second kappa shape index (κ2) is 5.83. The molecule has 0 aliphatic heterocycles. The van der Waals surface area contributed by atoms with Gasteiger partial charge < -0.3 is 14.4 Å². The highest BCUT2D eigenvalue weighted by atomic mass is 32.2. The van der Waals surface area contributed by atoms with Crippen LogP contribution in [-0.4, -0.2) is 45.6 Å². The van der Waals surface area contributed by atoms with E-state index in [0.717, 1.165) is 0 Å². The van der Waals surface area contributed by atoms with Crippen LogP contribution in [0.2, 0.25) is 0 Å². The Morgan fingerprint density at radius 1 is 1.28 bits per heavy atom. The Bertz CT molecular complexity index is 505. The first-order valence-corrected chi connectivity index (χ1v) is 7.12. The molecule has 1 rings (SSSR count). The summed E-state index contributed by atoms with van der Waals surface area (Å²) in [5.74, 6) is 0.733. The number of sulfonamides is 1. The van der Waals surface area contributed by atoms with Gasteiger partial charge >= 0.3 is 0 Å². The van der Waals surface area contributed by atoms with Gasteiger partial charge in [-0.05, 0) is 27.9 Å². The van der Waals surface area contributed by atoms with E-state index in [-0.39, 0.29) is 11.5 Å². The first-order chi connectivity index (χ1) is 8.29. The van der Waals surface area contributed by atoms with Gasteiger partial charge in [0.2, 0.25) is 10.0 Å². The first-order valence-electron chi connectivity index (χ1n) is 5.63. The maximum Gasteiger partial charge on any atom is 0.244 e. The summed E-state index contributed by atoms with van der Waals surface area (Å²) in [6.45, 7) is 3.77. The third-order valence-electron chi connectivity index (χ3n) is 2.60. The number of nitrogens with zero attached hydrogens (tertiary/aromatic N) is 1. The van der Waals surface area contributed by atoms with Crippen molar-refractivity contribution in [3.05, 3.63) is 17.1 Å². The molecule has 104 valence electrons. The van der Waals surface area contributed by atoms with Crippen LogP contribution in [0.5, 0.6) is 0 Å². The Balaban J connectivity index is 2.98. The Morgan fingerprint density at radius 3 is 2.39 bits per heavy atom. The zero-order valence-electron chi connectivity index (χ0n) is 11.1. The van der Waals surface area contributed by atoms with Crippen molar-refractivity contribution in [1.29, 1.82) is 0 Å². The van der Waals surface area contributed by atoms with Crippen molar-refractivity contribution in [3.8, 4) is 0 Å². The molecule has 0 unspecified atom stereocenters. The van der Waals surface area contributed by atoms with Crippen molar-refractivity contribution in [3.63, 3.8) is 0 Å². The fourth-order valence-corrected chi connectivity index (χ4v) is 3.18. The van der Waals surface area contributed by atoms with Crippen molar-refractivity contribution < 1.29 is 17.9 Å². The van der Waals surface area contributed by atoms with Gasteiger partial charge in [-0.15, -0.1) is 0 Å². The summed E-state index contributed by atoms with van der Waals surface area (Å²) < 4.78 is 32.0. The van der Waals surface area contributed by atoms with Gasteiger partial charge in [0.25, 0.3) is 0 Å². The van der Waals surface area contributed by atoms with Gasteiger partial charge in [0.05, 0.1) is 6.61 Å². The monoisotopic (exact) mass is 276 g/mol. The van der Waals surface area contributed by atoms with E-state index in [1.54, 1.807) is 13.8 Å². The third kappa shape index (κ3) is 3.32. The molecule has 0 spiro atoms. The number of hydrogen-bond acceptors (Lipinski definition) is 5. The van der Waals surface area contributed by atoms with Crippen LogP contribution in [0, 0.1) is 13.8 Å². The van der Waals surface area contributed by atoms with Crippen LogP contribution in [0.15, 0.2) is 9.31 Å². The molecule has 0 fully saturated rings. The van der Waals surface area contributed by atoms with Gasteiger partial charge in [0.15, 0.2) is 0 Å². The number of aliphatic hydroxyl groups excluding tert-OH is 1. The molecule has 0 bridgehead atoms. The van der Waals surface area contributed by atoms with Crippen LogP contribution in [0.25, 0.3) is 0 Å². The first kappa shape index (κ1) is 15.2. The van der Waals surface area contributed by atoms with Crippen LogP contribution in [0.3, 0.4) is 0 Å². The van der Waals surface area contributed by atoms with E-state index in [4.69, 9.17) is 4.42 Å². The zero-order valence-corrected chi connectivity index (χ0v) is 12.0. The lowest BCUT2D eigenvalue weighted by Gasteiger charge is -2.11. The van der Waals surface area contributed by atoms with E-state index in [9.17, 15) is 13.5 Å². The van der Waals surface area contributed by atoms with E-state index >= 15 is 0 Å². The normalized spacial score (nSPS) is 12.3. The summed E-state index contributed by atoms with van der Waals surface area (Å²) in [4.78, 5) is 1.93. The van der Waals surface area contributed by atoms with Crippen LogP contribution < -0.4 is 4.72 Å². The van der Waals surface area contributed by atoms with E-state index in [2.05, 4.69) is 4.72 Å². The molecule has 7 heteroatoms. The number of rotatable bonds is 6. The van der Waals surface area contributed by atoms with E-state index in [1.807, 2.05) is 19.0 Å². The van der Waals surface area contributed by atoms with Crippen LogP contribution in [0.1, 0.15) is 17.1 Å². The molecule has 2 N–H and O–H groups in total. The lowest BCUT2D eigenvalue weighted by molar-refractivity contribution is 0.276. The van der Waals surface area contributed by atoms with Crippen molar-refractivity contribution >= 4 is 10.0 Å². The Labute approximate surface area is 108 Å². The van der Waals surface area contributed by atoms with Crippen LogP contribution in [-0.2, 0) is 16.6 Å². The highest BCUT2D eigenvalue weighted by Crippen LogP contribution is 2.26. The van der Waals surface area contributed by atoms with Crippen molar-refractivity contribution in [2.75, 3.05) is 27.2 Å². The quantitative estimate of drug-likeness (QED) is 0.777. The predicted octanol–water partition coefficient (Wildman–Crippen LogP) is 0.229. The minimum absolute atomic E-state index is 0.0567. The number of nitrogens with one attached hydrogen (secondary N) is 1. The molecule has 18 heavy (non-hydrogen) atoms. The lowest BCUT2D eigenvalue weighted by Crippen LogP contribution is -2.32. The van der Waals surface area contributed by atoms with E-state index in [0.29, 0.717) is 30.2 Å². The molecule has 0 aromatic carbocycles. The summed E-state index contributed by atoms with van der Waals surface area (Å²) in [5, 5.41) is 9.23. The average Bonchev–Trinajstić information content (AvgIpc) is 2.52. The van der Waals surface area contributed by atoms with Crippen molar-refractivity contribution in [2.45, 2.75) is 25.3 Å². The minimum Gasteiger partial charge on any atom is -0.465 e.